The van der Waals surface area contributed by atoms with Crippen LogP contribution in [0.1, 0.15) is 29.3 Å². The van der Waals surface area contributed by atoms with Gasteiger partial charge in [0.2, 0.25) is 5.91 Å². The topological polar surface area (TPSA) is 75.6 Å². The third-order valence-corrected chi connectivity index (χ3v) is 3.65. The molecule has 6 heteroatoms. The highest BCUT2D eigenvalue weighted by Crippen LogP contribution is 2.17. The molecule has 0 bridgehead atoms. The molecular formula is C19H20FNO4. The minimum atomic E-state index is -1.04. The first kappa shape index (κ1) is 18.4. The third kappa shape index (κ3) is 5.60. The van der Waals surface area contributed by atoms with Crippen molar-refractivity contribution in [1.29, 1.82) is 0 Å². The van der Waals surface area contributed by atoms with Gasteiger partial charge in [-0.3, -0.25) is 4.79 Å². The summed E-state index contributed by atoms with van der Waals surface area (Å²) in [5.41, 5.74) is 0.750. The molecule has 0 saturated heterocycles. The van der Waals surface area contributed by atoms with E-state index in [-0.39, 0.29) is 36.3 Å². The Labute approximate surface area is 145 Å². The fourth-order valence-electron chi connectivity index (χ4n) is 2.28. The number of ether oxygens (including phenoxy) is 1. The van der Waals surface area contributed by atoms with Crippen LogP contribution in [0.25, 0.3) is 0 Å². The standard InChI is InChI=1S/C19H20FNO4/c1-2-15(25-17-9-4-3-8-16(17)20)12-21-18(22)11-13-6-5-7-14(10-13)19(23)24/h3-10,15H,2,11-12H2,1H3,(H,21,22)(H,23,24). The minimum absolute atomic E-state index is 0.0667. The van der Waals surface area contributed by atoms with Crippen molar-refractivity contribution in [3.8, 4) is 5.75 Å². The van der Waals surface area contributed by atoms with E-state index < -0.39 is 11.8 Å². The number of carbonyl (C=O) groups is 2. The molecule has 0 aromatic heterocycles. The van der Waals surface area contributed by atoms with Gasteiger partial charge in [-0.15, -0.1) is 0 Å². The van der Waals surface area contributed by atoms with Crippen molar-refractivity contribution in [2.75, 3.05) is 6.54 Å². The van der Waals surface area contributed by atoms with Crippen LogP contribution in [0.4, 0.5) is 4.39 Å². The second-order valence-electron chi connectivity index (χ2n) is 5.56. The van der Waals surface area contributed by atoms with Crippen LogP contribution in [-0.4, -0.2) is 29.6 Å². The zero-order chi connectivity index (χ0) is 18.2. The molecule has 2 aromatic rings. The smallest absolute Gasteiger partial charge is 0.335 e. The van der Waals surface area contributed by atoms with E-state index >= 15 is 0 Å². The maximum Gasteiger partial charge on any atom is 0.335 e. The summed E-state index contributed by atoms with van der Waals surface area (Å²) in [6.07, 6.45) is 0.312. The Bertz CT molecular complexity index is 748. The molecule has 1 atom stereocenters. The van der Waals surface area contributed by atoms with E-state index in [1.165, 1.54) is 24.3 Å². The second-order valence-corrected chi connectivity index (χ2v) is 5.56. The summed E-state index contributed by atoms with van der Waals surface area (Å²) >= 11 is 0. The minimum Gasteiger partial charge on any atom is -0.486 e. The largest absolute Gasteiger partial charge is 0.486 e. The molecular weight excluding hydrogens is 325 g/mol. The number of hydrogen-bond donors (Lipinski definition) is 2. The van der Waals surface area contributed by atoms with E-state index in [9.17, 15) is 14.0 Å². The Morgan fingerprint density at radius 3 is 2.64 bits per heavy atom. The Kier molecular flexibility index (Phi) is 6.51. The van der Waals surface area contributed by atoms with Gasteiger partial charge in [0.1, 0.15) is 6.10 Å². The van der Waals surface area contributed by atoms with Crippen LogP contribution in [0, 0.1) is 5.82 Å². The van der Waals surface area contributed by atoms with Crippen LogP contribution < -0.4 is 10.1 Å². The van der Waals surface area contributed by atoms with E-state index in [4.69, 9.17) is 9.84 Å². The van der Waals surface area contributed by atoms with Crippen LogP contribution in [0.5, 0.6) is 5.75 Å². The van der Waals surface area contributed by atoms with Crippen molar-refractivity contribution in [2.45, 2.75) is 25.9 Å². The van der Waals surface area contributed by atoms with Gasteiger partial charge in [-0.2, -0.15) is 0 Å². The molecule has 0 aliphatic rings. The molecule has 132 valence electrons. The van der Waals surface area contributed by atoms with Crippen LogP contribution in [0.3, 0.4) is 0 Å². The Hall–Kier alpha value is -2.89. The number of nitrogens with one attached hydrogen (secondary N) is 1. The summed E-state index contributed by atoms with van der Waals surface area (Å²) in [5, 5.41) is 11.7. The fourth-order valence-corrected chi connectivity index (χ4v) is 2.28. The van der Waals surface area contributed by atoms with Crippen LogP contribution in [-0.2, 0) is 11.2 Å². The zero-order valence-electron chi connectivity index (χ0n) is 13.9. The number of hydrogen-bond acceptors (Lipinski definition) is 3. The van der Waals surface area contributed by atoms with Crippen LogP contribution >= 0.6 is 0 Å². The molecule has 2 aromatic carbocycles. The van der Waals surface area contributed by atoms with Crippen molar-refractivity contribution in [3.05, 3.63) is 65.5 Å². The van der Waals surface area contributed by atoms with Gasteiger partial charge >= 0.3 is 5.97 Å². The molecule has 0 aliphatic heterocycles. The lowest BCUT2D eigenvalue weighted by Crippen LogP contribution is -2.36. The zero-order valence-corrected chi connectivity index (χ0v) is 13.9. The quantitative estimate of drug-likeness (QED) is 0.771. The van der Waals surface area contributed by atoms with Gasteiger partial charge in [0.05, 0.1) is 18.5 Å². The van der Waals surface area contributed by atoms with Crippen molar-refractivity contribution in [3.63, 3.8) is 0 Å². The molecule has 0 radical (unpaired) electrons. The van der Waals surface area contributed by atoms with Crippen molar-refractivity contribution in [2.24, 2.45) is 0 Å². The SMILES string of the molecule is CCC(CNC(=O)Cc1cccc(C(=O)O)c1)Oc1ccccc1F. The molecule has 1 unspecified atom stereocenters. The average Bonchev–Trinajstić information content (AvgIpc) is 2.60. The monoisotopic (exact) mass is 345 g/mol. The summed E-state index contributed by atoms with van der Waals surface area (Å²) < 4.78 is 19.2. The Morgan fingerprint density at radius 2 is 1.96 bits per heavy atom. The molecule has 5 nitrogen and oxygen atoms in total. The number of carboxylic acids is 1. The summed E-state index contributed by atoms with van der Waals surface area (Å²) in [6, 6.07) is 12.3. The van der Waals surface area contributed by atoms with E-state index in [1.807, 2.05) is 6.92 Å². The first-order valence-corrected chi connectivity index (χ1v) is 7.99. The molecule has 25 heavy (non-hydrogen) atoms. The lowest BCUT2D eigenvalue weighted by Gasteiger charge is -2.18. The number of amides is 1. The highest BCUT2D eigenvalue weighted by molar-refractivity contribution is 5.88. The Morgan fingerprint density at radius 1 is 1.20 bits per heavy atom. The highest BCUT2D eigenvalue weighted by Gasteiger charge is 2.13. The lowest BCUT2D eigenvalue weighted by molar-refractivity contribution is -0.120. The predicted molar refractivity (Wildman–Crippen MR) is 91.2 cm³/mol. The van der Waals surface area contributed by atoms with Gasteiger partial charge in [0.25, 0.3) is 0 Å². The van der Waals surface area contributed by atoms with Crippen molar-refractivity contribution in [1.82, 2.24) is 5.32 Å². The fraction of sp³-hybridized carbons (Fsp3) is 0.263. The number of aromatic carboxylic acids is 1. The van der Waals surface area contributed by atoms with E-state index in [0.717, 1.165) is 0 Å². The highest BCUT2D eigenvalue weighted by atomic mass is 19.1. The van der Waals surface area contributed by atoms with Gasteiger partial charge in [-0.05, 0) is 36.2 Å². The molecule has 0 fully saturated rings. The molecule has 2 N–H and O–H groups in total. The molecule has 0 heterocycles. The number of halogens is 1. The van der Waals surface area contributed by atoms with Crippen molar-refractivity contribution < 1.29 is 23.8 Å². The van der Waals surface area contributed by atoms with E-state index in [1.54, 1.807) is 24.3 Å². The maximum absolute atomic E-state index is 13.6. The molecule has 0 aliphatic carbocycles. The number of carbonyl (C=O) groups excluding carboxylic acids is 1. The third-order valence-electron chi connectivity index (χ3n) is 3.65. The van der Waals surface area contributed by atoms with Crippen LogP contribution in [0.15, 0.2) is 48.5 Å². The first-order valence-electron chi connectivity index (χ1n) is 7.99. The predicted octanol–water partition coefficient (Wildman–Crippen LogP) is 3.04. The molecule has 0 spiro atoms. The summed E-state index contributed by atoms with van der Waals surface area (Å²) in [5.74, 6) is -1.58. The van der Waals surface area contributed by atoms with E-state index in [0.29, 0.717) is 12.0 Å². The average molecular weight is 345 g/mol. The lowest BCUT2D eigenvalue weighted by atomic mass is 10.1. The molecule has 0 saturated carbocycles. The molecule has 2 rings (SSSR count). The van der Waals surface area contributed by atoms with Gasteiger partial charge < -0.3 is 15.2 Å². The normalized spacial score (nSPS) is 11.6. The number of carboxylic acid groups (broad SMARTS) is 1. The van der Waals surface area contributed by atoms with Crippen LogP contribution in [0.2, 0.25) is 0 Å². The van der Waals surface area contributed by atoms with Crippen molar-refractivity contribution >= 4 is 11.9 Å². The Balaban J connectivity index is 1.88. The summed E-state index contributed by atoms with van der Waals surface area (Å²) in [6.45, 7) is 2.12. The van der Waals surface area contributed by atoms with Gasteiger partial charge in [-0.25, -0.2) is 9.18 Å². The maximum atomic E-state index is 13.6. The number of rotatable bonds is 8. The number of para-hydroxylation sites is 1. The summed E-state index contributed by atoms with van der Waals surface area (Å²) in [7, 11) is 0. The van der Waals surface area contributed by atoms with E-state index in [2.05, 4.69) is 5.32 Å². The first-order chi connectivity index (χ1) is 12.0. The van der Waals surface area contributed by atoms with Gasteiger partial charge in [-0.1, -0.05) is 31.2 Å². The second kappa shape index (κ2) is 8.82. The van der Waals surface area contributed by atoms with Gasteiger partial charge in [0, 0.05) is 0 Å². The number of benzene rings is 2. The molecule has 1 amide bonds. The summed E-state index contributed by atoms with van der Waals surface area (Å²) in [4.78, 5) is 23.0. The van der Waals surface area contributed by atoms with Gasteiger partial charge in [0.15, 0.2) is 11.6 Å².